The van der Waals surface area contributed by atoms with Crippen molar-refractivity contribution in [2.75, 3.05) is 39.8 Å². The lowest BCUT2D eigenvalue weighted by Gasteiger charge is -2.27. The zero-order chi connectivity index (χ0) is 13.7. The molecule has 0 bridgehead atoms. The van der Waals surface area contributed by atoms with Crippen molar-refractivity contribution in [2.24, 2.45) is 0 Å². The third-order valence-electron chi connectivity index (χ3n) is 3.39. The maximum atomic E-state index is 14.3. The van der Waals surface area contributed by atoms with Crippen molar-refractivity contribution in [3.8, 4) is 0 Å². The van der Waals surface area contributed by atoms with E-state index in [0.29, 0.717) is 12.2 Å². The highest BCUT2D eigenvalue weighted by molar-refractivity contribution is 9.10. The Morgan fingerprint density at radius 2 is 2.00 bits per heavy atom. The highest BCUT2D eigenvalue weighted by Gasteiger charge is 2.13. The number of methoxy groups -OCH3 is 1. The molecule has 5 heteroatoms. The van der Waals surface area contributed by atoms with E-state index >= 15 is 0 Å². The van der Waals surface area contributed by atoms with Gasteiger partial charge in [0.05, 0.1) is 6.61 Å². The highest BCUT2D eigenvalue weighted by atomic mass is 79.9. The van der Waals surface area contributed by atoms with Crippen molar-refractivity contribution in [3.05, 3.63) is 33.5 Å². The predicted molar refractivity (Wildman–Crippen MR) is 77.8 cm³/mol. The fraction of sp³-hybridized carbons (Fsp3) is 0.571. The van der Waals surface area contributed by atoms with Crippen LogP contribution in [0.4, 0.5) is 4.39 Å². The van der Waals surface area contributed by atoms with Crippen molar-refractivity contribution in [1.29, 1.82) is 0 Å². The predicted octanol–water partition coefficient (Wildman–Crippen LogP) is 2.18. The molecule has 0 unspecified atom stereocenters. The molecule has 19 heavy (non-hydrogen) atoms. The van der Waals surface area contributed by atoms with Crippen LogP contribution >= 0.6 is 15.9 Å². The van der Waals surface area contributed by atoms with Gasteiger partial charge >= 0.3 is 0 Å². The Morgan fingerprint density at radius 3 is 2.68 bits per heavy atom. The summed E-state index contributed by atoms with van der Waals surface area (Å²) < 4.78 is 20.2. The summed E-state index contributed by atoms with van der Waals surface area (Å²) in [5.41, 5.74) is 1.38. The van der Waals surface area contributed by atoms with Crippen LogP contribution in [-0.4, -0.2) is 44.7 Å². The van der Waals surface area contributed by atoms with Gasteiger partial charge in [-0.25, -0.2) is 4.39 Å². The number of nitrogens with zero attached hydrogens (tertiary/aromatic N) is 1. The lowest BCUT2D eigenvalue weighted by atomic mass is 10.1. The summed E-state index contributed by atoms with van der Waals surface area (Å²) in [7, 11) is 1.58. The molecule has 0 amide bonds. The first-order valence-corrected chi connectivity index (χ1v) is 7.39. The minimum absolute atomic E-state index is 0.125. The molecule has 1 aromatic carbocycles. The number of piperazine rings is 1. The molecule has 1 aromatic rings. The fourth-order valence-corrected chi connectivity index (χ4v) is 2.92. The molecule has 1 N–H and O–H groups in total. The Morgan fingerprint density at radius 1 is 1.32 bits per heavy atom. The number of nitrogens with one attached hydrogen (secondary N) is 1. The number of rotatable bonds is 5. The first-order valence-electron chi connectivity index (χ1n) is 6.59. The molecule has 1 saturated heterocycles. The zero-order valence-electron chi connectivity index (χ0n) is 11.2. The quantitative estimate of drug-likeness (QED) is 0.895. The Balaban J connectivity index is 2.02. The number of benzene rings is 1. The second kappa shape index (κ2) is 7.33. The summed E-state index contributed by atoms with van der Waals surface area (Å²) >= 11 is 3.44. The van der Waals surface area contributed by atoms with Crippen molar-refractivity contribution in [1.82, 2.24) is 10.2 Å². The van der Waals surface area contributed by atoms with Crippen LogP contribution in [0.2, 0.25) is 0 Å². The first kappa shape index (κ1) is 14.9. The van der Waals surface area contributed by atoms with Crippen LogP contribution in [0.3, 0.4) is 0 Å². The van der Waals surface area contributed by atoms with Crippen LogP contribution in [0.25, 0.3) is 0 Å². The van der Waals surface area contributed by atoms with Gasteiger partial charge in [0.2, 0.25) is 0 Å². The maximum Gasteiger partial charge on any atom is 0.132 e. The minimum Gasteiger partial charge on any atom is -0.380 e. The third-order valence-corrected chi connectivity index (χ3v) is 3.85. The van der Waals surface area contributed by atoms with Gasteiger partial charge in [0, 0.05) is 49.9 Å². The summed E-state index contributed by atoms with van der Waals surface area (Å²) in [6, 6.07) is 3.66. The third kappa shape index (κ3) is 4.24. The van der Waals surface area contributed by atoms with E-state index in [0.717, 1.165) is 49.2 Å². The molecule has 0 aromatic heterocycles. The van der Waals surface area contributed by atoms with Gasteiger partial charge in [0.15, 0.2) is 0 Å². The smallest absolute Gasteiger partial charge is 0.132 e. The molecule has 0 spiro atoms. The minimum atomic E-state index is -0.125. The number of hydrogen-bond acceptors (Lipinski definition) is 3. The second-order valence-electron chi connectivity index (χ2n) is 4.81. The van der Waals surface area contributed by atoms with Crippen molar-refractivity contribution < 1.29 is 9.13 Å². The molecule has 3 nitrogen and oxygen atoms in total. The van der Waals surface area contributed by atoms with Gasteiger partial charge in [-0.2, -0.15) is 0 Å². The average Bonchev–Trinajstić information content (AvgIpc) is 2.42. The molecular weight excluding hydrogens is 311 g/mol. The van der Waals surface area contributed by atoms with Gasteiger partial charge in [-0.05, 0) is 24.1 Å². The van der Waals surface area contributed by atoms with Gasteiger partial charge in [0.1, 0.15) is 5.82 Å². The van der Waals surface area contributed by atoms with E-state index in [9.17, 15) is 4.39 Å². The van der Waals surface area contributed by atoms with Gasteiger partial charge in [-0.15, -0.1) is 0 Å². The summed E-state index contributed by atoms with van der Waals surface area (Å²) in [5.74, 6) is -0.125. The van der Waals surface area contributed by atoms with Crippen LogP contribution in [0.15, 0.2) is 16.6 Å². The van der Waals surface area contributed by atoms with E-state index in [1.54, 1.807) is 13.2 Å². The SMILES string of the molecule is COCc1cc(Br)cc(CCN2CCNCC2)c1F. The average molecular weight is 331 g/mol. The second-order valence-corrected chi connectivity index (χ2v) is 5.73. The normalized spacial score (nSPS) is 16.8. The van der Waals surface area contributed by atoms with Crippen LogP contribution in [0.1, 0.15) is 11.1 Å². The first-order chi connectivity index (χ1) is 9.20. The molecule has 0 saturated carbocycles. The lowest BCUT2D eigenvalue weighted by molar-refractivity contribution is 0.181. The molecule has 0 radical (unpaired) electrons. The van der Waals surface area contributed by atoms with Crippen molar-refractivity contribution in [2.45, 2.75) is 13.0 Å². The molecule has 1 heterocycles. The summed E-state index contributed by atoms with van der Waals surface area (Å²) in [5, 5.41) is 3.32. The topological polar surface area (TPSA) is 24.5 Å². The van der Waals surface area contributed by atoms with Crippen molar-refractivity contribution in [3.63, 3.8) is 0 Å². The van der Waals surface area contributed by atoms with E-state index < -0.39 is 0 Å². The largest absolute Gasteiger partial charge is 0.380 e. The van der Waals surface area contributed by atoms with Gasteiger partial charge < -0.3 is 15.0 Å². The Kier molecular flexibility index (Phi) is 5.76. The van der Waals surface area contributed by atoms with E-state index in [2.05, 4.69) is 26.1 Å². The monoisotopic (exact) mass is 330 g/mol. The number of hydrogen-bond donors (Lipinski definition) is 1. The van der Waals surface area contributed by atoms with E-state index in [-0.39, 0.29) is 5.82 Å². The fourth-order valence-electron chi connectivity index (χ4n) is 2.36. The number of halogens is 2. The van der Waals surface area contributed by atoms with Crippen LogP contribution in [0.5, 0.6) is 0 Å². The van der Waals surface area contributed by atoms with E-state index in [4.69, 9.17) is 4.74 Å². The zero-order valence-corrected chi connectivity index (χ0v) is 12.8. The summed E-state index contributed by atoms with van der Waals surface area (Å²) in [6.07, 6.45) is 0.738. The molecule has 0 atom stereocenters. The summed E-state index contributed by atoms with van der Waals surface area (Å²) in [4.78, 5) is 2.37. The van der Waals surface area contributed by atoms with Crippen molar-refractivity contribution >= 4 is 15.9 Å². The van der Waals surface area contributed by atoms with Crippen LogP contribution in [0, 0.1) is 5.82 Å². The van der Waals surface area contributed by atoms with Gasteiger partial charge in [0.25, 0.3) is 0 Å². The van der Waals surface area contributed by atoms with Crippen LogP contribution in [-0.2, 0) is 17.8 Å². The molecule has 1 fully saturated rings. The van der Waals surface area contributed by atoms with Gasteiger partial charge in [-0.3, -0.25) is 0 Å². The molecule has 106 valence electrons. The molecular formula is C14H20BrFN2O. The van der Waals surface area contributed by atoms with E-state index in [1.165, 1.54) is 0 Å². The Labute approximate surface area is 122 Å². The lowest BCUT2D eigenvalue weighted by Crippen LogP contribution is -2.44. The molecule has 2 rings (SSSR count). The molecule has 0 aliphatic carbocycles. The highest BCUT2D eigenvalue weighted by Crippen LogP contribution is 2.21. The van der Waals surface area contributed by atoms with Crippen LogP contribution < -0.4 is 5.32 Å². The molecule has 1 aliphatic heterocycles. The Bertz CT molecular complexity index is 422. The standard InChI is InChI=1S/C14H20BrFN2O/c1-19-10-12-9-13(15)8-11(14(12)16)2-5-18-6-3-17-4-7-18/h8-9,17H,2-7,10H2,1H3. The Hall–Kier alpha value is -0.490. The summed E-state index contributed by atoms with van der Waals surface area (Å²) in [6.45, 7) is 5.35. The van der Waals surface area contributed by atoms with Gasteiger partial charge in [-0.1, -0.05) is 15.9 Å². The maximum absolute atomic E-state index is 14.3. The van der Waals surface area contributed by atoms with E-state index in [1.807, 2.05) is 6.07 Å². The number of ether oxygens (including phenoxy) is 1. The molecule has 1 aliphatic rings.